The molecule has 1 heterocycles. The Labute approximate surface area is 191 Å². The number of aromatic nitrogens is 1. The summed E-state index contributed by atoms with van der Waals surface area (Å²) in [6.07, 6.45) is 0. The van der Waals surface area contributed by atoms with E-state index in [0.29, 0.717) is 35.1 Å². The summed E-state index contributed by atoms with van der Waals surface area (Å²) < 4.78 is 6.33. The fourth-order valence-electron chi connectivity index (χ4n) is 3.14. The molecule has 31 heavy (non-hydrogen) atoms. The summed E-state index contributed by atoms with van der Waals surface area (Å²) in [5.74, 6) is 0.413. The number of benzene rings is 2. The number of hydrogen-bond acceptors (Lipinski definition) is 7. The molecular weight excluding hydrogens is 440 g/mol. The SMILES string of the molecule is CCN(CC)CCN(C(=O)c1ccc([N+](=O)[O-])cc1)c1nc2c(OC)cccc2s1.[Cl-]. The van der Waals surface area contributed by atoms with Crippen molar-refractivity contribution in [3.8, 4) is 5.75 Å². The number of amides is 1. The van der Waals surface area contributed by atoms with Gasteiger partial charge >= 0.3 is 0 Å². The number of carbonyl (C=O) groups is 1. The maximum absolute atomic E-state index is 13.3. The fourth-order valence-corrected chi connectivity index (χ4v) is 4.15. The van der Waals surface area contributed by atoms with E-state index in [-0.39, 0.29) is 24.0 Å². The van der Waals surface area contributed by atoms with E-state index in [2.05, 4.69) is 23.7 Å². The molecule has 0 N–H and O–H groups in total. The quantitative estimate of drug-likeness (QED) is 0.350. The van der Waals surface area contributed by atoms with Crippen LogP contribution in [-0.2, 0) is 0 Å². The highest BCUT2D eigenvalue weighted by Gasteiger charge is 2.23. The van der Waals surface area contributed by atoms with Gasteiger partial charge in [0.15, 0.2) is 5.13 Å². The molecule has 8 nitrogen and oxygen atoms in total. The summed E-state index contributed by atoms with van der Waals surface area (Å²) in [5, 5.41) is 11.5. The van der Waals surface area contributed by atoms with E-state index >= 15 is 0 Å². The number of nitro benzene ring substituents is 1. The Kier molecular flexibility index (Phi) is 8.73. The second kappa shape index (κ2) is 11.0. The first-order valence-corrected chi connectivity index (χ1v) is 10.5. The average Bonchev–Trinajstić information content (AvgIpc) is 3.20. The lowest BCUT2D eigenvalue weighted by atomic mass is 10.2. The number of halogens is 1. The third-order valence-electron chi connectivity index (χ3n) is 4.93. The highest BCUT2D eigenvalue weighted by Crippen LogP contribution is 2.34. The van der Waals surface area contributed by atoms with Crippen molar-refractivity contribution < 1.29 is 26.9 Å². The first kappa shape index (κ1) is 24.5. The molecule has 0 bridgehead atoms. The third-order valence-corrected chi connectivity index (χ3v) is 5.97. The van der Waals surface area contributed by atoms with Crippen molar-refractivity contribution in [3.05, 3.63) is 58.1 Å². The van der Waals surface area contributed by atoms with Gasteiger partial charge in [-0.3, -0.25) is 19.8 Å². The molecule has 3 rings (SSSR count). The van der Waals surface area contributed by atoms with E-state index in [1.165, 1.54) is 35.6 Å². The Hall–Kier alpha value is -2.75. The van der Waals surface area contributed by atoms with Crippen molar-refractivity contribution in [2.45, 2.75) is 13.8 Å². The number of fused-ring (bicyclic) bond motifs is 1. The molecule has 0 fully saturated rings. The molecular formula is C21H24ClN4O4S-. The number of ether oxygens (including phenoxy) is 1. The molecule has 1 aromatic heterocycles. The monoisotopic (exact) mass is 463 g/mol. The Balaban J connectivity index is 0.00000341. The number of anilines is 1. The van der Waals surface area contributed by atoms with Crippen LogP contribution in [0, 0.1) is 10.1 Å². The van der Waals surface area contributed by atoms with Gasteiger partial charge < -0.3 is 22.0 Å². The summed E-state index contributed by atoms with van der Waals surface area (Å²) in [5.41, 5.74) is 1.04. The number of methoxy groups -OCH3 is 1. The van der Waals surface area contributed by atoms with E-state index < -0.39 is 4.92 Å². The number of carbonyl (C=O) groups excluding carboxylic acids is 1. The first-order valence-electron chi connectivity index (χ1n) is 9.70. The minimum atomic E-state index is -0.480. The molecule has 0 saturated heterocycles. The molecule has 0 aliphatic carbocycles. The van der Waals surface area contributed by atoms with Gasteiger partial charge in [-0.1, -0.05) is 31.3 Å². The molecule has 0 spiro atoms. The Morgan fingerprint density at radius 3 is 2.39 bits per heavy atom. The van der Waals surface area contributed by atoms with Crippen LogP contribution in [0.1, 0.15) is 24.2 Å². The van der Waals surface area contributed by atoms with Gasteiger partial charge in [-0.2, -0.15) is 0 Å². The summed E-state index contributed by atoms with van der Waals surface area (Å²) in [7, 11) is 1.59. The van der Waals surface area contributed by atoms with Crippen molar-refractivity contribution in [2.24, 2.45) is 0 Å². The van der Waals surface area contributed by atoms with Crippen LogP contribution in [-0.4, -0.2) is 54.0 Å². The van der Waals surface area contributed by atoms with Crippen LogP contribution < -0.4 is 22.0 Å². The molecule has 0 atom stereocenters. The molecule has 0 radical (unpaired) electrons. The number of nitro groups is 1. The number of likely N-dealkylation sites (N-methyl/N-ethyl adjacent to an activating group) is 1. The number of hydrogen-bond donors (Lipinski definition) is 0. The maximum atomic E-state index is 13.3. The van der Waals surface area contributed by atoms with Gasteiger partial charge in [-0.25, -0.2) is 4.98 Å². The second-order valence-electron chi connectivity index (χ2n) is 6.59. The van der Waals surface area contributed by atoms with Crippen LogP contribution in [0.3, 0.4) is 0 Å². The van der Waals surface area contributed by atoms with Crippen LogP contribution in [0.15, 0.2) is 42.5 Å². The Morgan fingerprint density at radius 1 is 1.13 bits per heavy atom. The molecule has 3 aromatic rings. The summed E-state index contributed by atoms with van der Waals surface area (Å²) in [6, 6.07) is 11.3. The maximum Gasteiger partial charge on any atom is 0.269 e. The van der Waals surface area contributed by atoms with Gasteiger partial charge in [0, 0.05) is 30.8 Å². The number of para-hydroxylation sites is 1. The summed E-state index contributed by atoms with van der Waals surface area (Å²) >= 11 is 1.42. The minimum Gasteiger partial charge on any atom is -1.00 e. The molecule has 0 aliphatic rings. The van der Waals surface area contributed by atoms with E-state index in [0.717, 1.165) is 17.8 Å². The van der Waals surface area contributed by atoms with Crippen molar-refractivity contribution in [3.63, 3.8) is 0 Å². The zero-order chi connectivity index (χ0) is 21.7. The second-order valence-corrected chi connectivity index (χ2v) is 7.60. The lowest BCUT2D eigenvalue weighted by Crippen LogP contribution is -3.00. The van der Waals surface area contributed by atoms with Gasteiger partial charge in [-0.15, -0.1) is 0 Å². The Morgan fingerprint density at radius 2 is 1.81 bits per heavy atom. The van der Waals surface area contributed by atoms with Crippen LogP contribution in [0.5, 0.6) is 5.75 Å². The van der Waals surface area contributed by atoms with Gasteiger partial charge in [0.2, 0.25) is 0 Å². The van der Waals surface area contributed by atoms with E-state index in [4.69, 9.17) is 4.74 Å². The van der Waals surface area contributed by atoms with Crippen molar-refractivity contribution in [1.82, 2.24) is 9.88 Å². The third kappa shape index (κ3) is 5.49. The molecule has 0 saturated carbocycles. The van der Waals surface area contributed by atoms with E-state index in [1.54, 1.807) is 12.0 Å². The Bertz CT molecular complexity index is 1040. The minimum absolute atomic E-state index is 0. The van der Waals surface area contributed by atoms with Gasteiger partial charge in [0.1, 0.15) is 11.3 Å². The summed E-state index contributed by atoms with van der Waals surface area (Å²) in [6.45, 7) is 7.06. The van der Waals surface area contributed by atoms with Crippen molar-refractivity contribution in [2.75, 3.05) is 38.2 Å². The first-order chi connectivity index (χ1) is 14.5. The lowest BCUT2D eigenvalue weighted by molar-refractivity contribution is -0.384. The normalized spacial score (nSPS) is 10.7. The molecule has 0 aliphatic heterocycles. The van der Waals surface area contributed by atoms with Gasteiger partial charge in [0.05, 0.1) is 16.7 Å². The largest absolute Gasteiger partial charge is 1.00 e. The molecule has 1 amide bonds. The molecule has 2 aromatic carbocycles. The highest BCUT2D eigenvalue weighted by atomic mass is 35.5. The van der Waals surface area contributed by atoms with Crippen LogP contribution in [0.25, 0.3) is 10.2 Å². The lowest BCUT2D eigenvalue weighted by Gasteiger charge is -2.24. The highest BCUT2D eigenvalue weighted by molar-refractivity contribution is 7.22. The number of rotatable bonds is 9. The standard InChI is InChI=1S/C21H24N4O4S.ClH/c1-4-23(5-2)13-14-24(20(26)15-9-11-16(12-10-15)25(27)28)21-22-19-17(29-3)7-6-8-18(19)30-21;/h6-12H,4-5,13-14H2,1-3H3;1H/p-1. The topological polar surface area (TPSA) is 88.8 Å². The fraction of sp³-hybridized carbons (Fsp3) is 0.333. The smallest absolute Gasteiger partial charge is 0.269 e. The van der Waals surface area contributed by atoms with Gasteiger partial charge in [0.25, 0.3) is 11.6 Å². The van der Waals surface area contributed by atoms with Crippen LogP contribution in [0.2, 0.25) is 0 Å². The van der Waals surface area contributed by atoms with E-state index in [9.17, 15) is 14.9 Å². The number of nitrogens with zero attached hydrogens (tertiary/aromatic N) is 4. The van der Waals surface area contributed by atoms with E-state index in [1.807, 2.05) is 18.2 Å². The predicted octanol–water partition coefficient (Wildman–Crippen LogP) is 1.21. The number of non-ortho nitro benzene ring substituents is 1. The molecule has 10 heteroatoms. The van der Waals surface area contributed by atoms with Gasteiger partial charge in [-0.05, 0) is 37.4 Å². The van der Waals surface area contributed by atoms with Crippen molar-refractivity contribution in [1.29, 1.82) is 0 Å². The molecule has 0 unspecified atom stereocenters. The van der Waals surface area contributed by atoms with Crippen LogP contribution in [0.4, 0.5) is 10.8 Å². The zero-order valence-corrected chi connectivity index (χ0v) is 19.2. The average molecular weight is 464 g/mol. The van der Waals surface area contributed by atoms with Crippen molar-refractivity contribution >= 4 is 38.3 Å². The van der Waals surface area contributed by atoms with Crippen LogP contribution >= 0.6 is 11.3 Å². The predicted molar refractivity (Wildman–Crippen MR) is 119 cm³/mol. The number of thiazole rings is 1. The molecule has 166 valence electrons. The summed E-state index contributed by atoms with van der Waals surface area (Å²) in [4.78, 5) is 32.3. The zero-order valence-electron chi connectivity index (χ0n) is 17.6.